The number of nitrogen functional groups attached to an aromatic ring is 1. The van der Waals surface area contributed by atoms with Crippen molar-refractivity contribution in [3.8, 4) is 0 Å². The first-order chi connectivity index (χ1) is 12.6. The zero-order valence-corrected chi connectivity index (χ0v) is 16.4. The zero-order chi connectivity index (χ0) is 18.7. The van der Waals surface area contributed by atoms with Crippen LogP contribution in [0.25, 0.3) is 11.0 Å². The fourth-order valence-electron chi connectivity index (χ4n) is 3.54. The third-order valence-corrected chi connectivity index (χ3v) is 5.42. The topological polar surface area (TPSA) is 51.0 Å². The van der Waals surface area contributed by atoms with Crippen molar-refractivity contribution in [3.05, 3.63) is 53.5 Å². The van der Waals surface area contributed by atoms with Gasteiger partial charge in [0.1, 0.15) is 5.39 Å². The first kappa shape index (κ1) is 18.4. The second-order valence-electron chi connectivity index (χ2n) is 6.83. The summed E-state index contributed by atoms with van der Waals surface area (Å²) in [6, 6.07) is 10.5. The molecule has 0 aliphatic heterocycles. The lowest BCUT2D eigenvalue weighted by Crippen LogP contribution is -2.43. The molecule has 138 valence electrons. The first-order valence-corrected chi connectivity index (χ1v) is 9.46. The molecule has 3 aromatic rings. The van der Waals surface area contributed by atoms with Gasteiger partial charge in [0, 0.05) is 12.2 Å². The molecule has 0 spiro atoms. The fraction of sp³-hybridized carbons (Fsp3) is 0.429. The highest BCUT2D eigenvalue weighted by Gasteiger charge is 2.21. The Bertz CT molecular complexity index is 879. The van der Waals surface area contributed by atoms with Crippen LogP contribution in [0.15, 0.2) is 36.7 Å². The van der Waals surface area contributed by atoms with E-state index in [1.807, 2.05) is 12.4 Å². The molecular weight excluding hydrogens is 322 g/mol. The highest BCUT2D eigenvalue weighted by molar-refractivity contribution is 5.89. The van der Waals surface area contributed by atoms with Crippen molar-refractivity contribution < 1.29 is 4.57 Å². The summed E-state index contributed by atoms with van der Waals surface area (Å²) in [5, 5.41) is 1.08. The van der Waals surface area contributed by atoms with Crippen LogP contribution in [0.2, 0.25) is 0 Å². The molecule has 1 aromatic carbocycles. The van der Waals surface area contributed by atoms with Gasteiger partial charge >= 0.3 is 0 Å². The molecule has 5 nitrogen and oxygen atoms in total. The van der Waals surface area contributed by atoms with E-state index in [-0.39, 0.29) is 0 Å². The molecule has 3 rings (SSSR count). The lowest BCUT2D eigenvalue weighted by molar-refractivity contribution is -0.684. The number of hydrogen-bond acceptors (Lipinski definition) is 3. The van der Waals surface area contributed by atoms with E-state index in [1.54, 1.807) is 0 Å². The number of hydrogen-bond donors (Lipinski definition) is 1. The van der Waals surface area contributed by atoms with Crippen LogP contribution in [0.1, 0.15) is 30.7 Å². The maximum absolute atomic E-state index is 6.56. The minimum Gasteiger partial charge on any atom is -0.318 e. The van der Waals surface area contributed by atoms with Gasteiger partial charge in [-0.2, -0.15) is 0 Å². The summed E-state index contributed by atoms with van der Waals surface area (Å²) in [7, 11) is 0. The normalized spacial score (nSPS) is 11.6. The number of nitrogens with two attached hydrogens (primary N) is 1. The van der Waals surface area contributed by atoms with Crippen LogP contribution in [0, 0.1) is 13.8 Å². The molecule has 0 saturated carbocycles. The monoisotopic (exact) mass is 352 g/mol. The van der Waals surface area contributed by atoms with Crippen molar-refractivity contribution in [1.82, 2.24) is 14.5 Å². The number of fused-ring (bicyclic) bond motifs is 1. The van der Waals surface area contributed by atoms with Crippen molar-refractivity contribution >= 4 is 16.9 Å². The minimum atomic E-state index is 0.812. The van der Waals surface area contributed by atoms with Gasteiger partial charge in [0.2, 0.25) is 17.8 Å². The van der Waals surface area contributed by atoms with Gasteiger partial charge in [-0.05, 0) is 38.1 Å². The van der Waals surface area contributed by atoms with Crippen LogP contribution in [-0.2, 0) is 13.1 Å². The number of aryl methyl sites for hydroxylation is 1. The Kier molecular flexibility index (Phi) is 5.57. The maximum atomic E-state index is 6.56. The molecule has 0 saturated heterocycles. The van der Waals surface area contributed by atoms with Crippen LogP contribution in [0.3, 0.4) is 0 Å². The van der Waals surface area contributed by atoms with Crippen LogP contribution in [0.5, 0.6) is 0 Å². The van der Waals surface area contributed by atoms with Gasteiger partial charge in [-0.25, -0.2) is 4.57 Å². The van der Waals surface area contributed by atoms with E-state index in [9.17, 15) is 0 Å². The second kappa shape index (κ2) is 7.87. The van der Waals surface area contributed by atoms with E-state index in [0.717, 1.165) is 49.6 Å². The van der Waals surface area contributed by atoms with Gasteiger partial charge in [0.15, 0.2) is 0 Å². The molecule has 0 atom stereocenters. The average molecular weight is 353 g/mol. The lowest BCUT2D eigenvalue weighted by Gasteiger charge is -2.17. The quantitative estimate of drug-likeness (QED) is 0.665. The van der Waals surface area contributed by atoms with Crippen LogP contribution < -0.4 is 10.3 Å². The average Bonchev–Trinajstić information content (AvgIpc) is 2.90. The van der Waals surface area contributed by atoms with Crippen LogP contribution in [0.4, 0.5) is 5.82 Å². The van der Waals surface area contributed by atoms with Crippen LogP contribution in [-0.4, -0.2) is 34.1 Å². The second-order valence-corrected chi connectivity index (χ2v) is 6.83. The molecule has 26 heavy (non-hydrogen) atoms. The van der Waals surface area contributed by atoms with E-state index >= 15 is 0 Å². The molecule has 0 radical (unpaired) electrons. The predicted octanol–water partition coefficient (Wildman–Crippen LogP) is 2.91. The number of benzene rings is 1. The van der Waals surface area contributed by atoms with Gasteiger partial charge in [-0.1, -0.05) is 49.2 Å². The minimum absolute atomic E-state index is 0.812. The van der Waals surface area contributed by atoms with E-state index in [0.29, 0.717) is 0 Å². The largest absolute Gasteiger partial charge is 0.318 e. The number of nitrogens with zero attached hydrogens (tertiary/aromatic N) is 4. The lowest BCUT2D eigenvalue weighted by atomic mass is 10.2. The zero-order valence-electron chi connectivity index (χ0n) is 16.4. The van der Waals surface area contributed by atoms with E-state index < -0.39 is 0 Å². The summed E-state index contributed by atoms with van der Waals surface area (Å²) in [4.78, 5) is 7.17. The Morgan fingerprint density at radius 1 is 1.12 bits per heavy atom. The Morgan fingerprint density at radius 2 is 1.81 bits per heavy atom. The Morgan fingerprint density at radius 3 is 2.46 bits per heavy atom. The summed E-state index contributed by atoms with van der Waals surface area (Å²) in [5.74, 6) is 0.814. The molecule has 2 N–H and O–H groups in total. The summed E-state index contributed by atoms with van der Waals surface area (Å²) < 4.78 is 4.35. The van der Waals surface area contributed by atoms with Crippen molar-refractivity contribution in [2.75, 3.05) is 25.4 Å². The van der Waals surface area contributed by atoms with Crippen LogP contribution >= 0.6 is 0 Å². The SMILES string of the molecule is CCN(CC)CC[n+]1cnc2c(c(C)c(C)n2Cc2ccccc2)c1N. The van der Waals surface area contributed by atoms with Crippen molar-refractivity contribution in [2.24, 2.45) is 0 Å². The molecule has 2 heterocycles. The molecule has 0 aliphatic carbocycles. The number of aromatic nitrogens is 3. The van der Waals surface area contributed by atoms with E-state index in [1.165, 1.54) is 16.8 Å². The highest BCUT2D eigenvalue weighted by Crippen LogP contribution is 2.27. The predicted molar refractivity (Wildman–Crippen MR) is 107 cm³/mol. The summed E-state index contributed by atoms with van der Waals surface area (Å²) >= 11 is 0. The molecular formula is C21H30N5+. The van der Waals surface area contributed by atoms with Crippen molar-refractivity contribution in [3.63, 3.8) is 0 Å². The molecule has 0 fully saturated rings. The van der Waals surface area contributed by atoms with Crippen molar-refractivity contribution in [1.29, 1.82) is 0 Å². The fourth-order valence-corrected chi connectivity index (χ4v) is 3.54. The molecule has 5 heteroatoms. The molecule has 0 unspecified atom stereocenters. The summed E-state index contributed by atoms with van der Waals surface area (Å²) in [6.45, 7) is 13.4. The van der Waals surface area contributed by atoms with E-state index in [2.05, 4.69) is 66.0 Å². The Hall–Kier alpha value is -2.40. The number of likely N-dealkylation sites (N-methyl/N-ethyl adjacent to an activating group) is 1. The molecule has 2 aromatic heterocycles. The molecule has 0 bridgehead atoms. The third-order valence-electron chi connectivity index (χ3n) is 5.42. The first-order valence-electron chi connectivity index (χ1n) is 9.46. The van der Waals surface area contributed by atoms with Gasteiger partial charge in [0.25, 0.3) is 0 Å². The summed E-state index contributed by atoms with van der Waals surface area (Å²) in [5.41, 5.74) is 11.2. The van der Waals surface area contributed by atoms with Crippen molar-refractivity contribution in [2.45, 2.75) is 40.8 Å². The maximum Gasteiger partial charge on any atom is 0.232 e. The third kappa shape index (κ3) is 3.44. The molecule has 0 amide bonds. The smallest absolute Gasteiger partial charge is 0.232 e. The van der Waals surface area contributed by atoms with Gasteiger partial charge in [-0.15, -0.1) is 0 Å². The Balaban J connectivity index is 1.97. The number of rotatable bonds is 7. The summed E-state index contributed by atoms with van der Waals surface area (Å²) in [6.07, 6.45) is 1.89. The number of anilines is 1. The van der Waals surface area contributed by atoms with Gasteiger partial charge in [-0.3, -0.25) is 0 Å². The standard InChI is InChI=1S/C21H29N5/c1-5-24(6-2)12-13-25-15-23-21-19(20(25)22)16(3)17(4)26(21)14-18-10-8-7-9-11-18/h7-11,15,22H,5-6,12-14H2,1-4H3/p+1. The van der Waals surface area contributed by atoms with Gasteiger partial charge in [0.05, 0.1) is 13.1 Å². The molecule has 0 aliphatic rings. The van der Waals surface area contributed by atoms with E-state index in [4.69, 9.17) is 10.7 Å². The van der Waals surface area contributed by atoms with Gasteiger partial charge < -0.3 is 15.2 Å². The highest BCUT2D eigenvalue weighted by atomic mass is 15.2. The Labute approximate surface area is 156 Å².